The Bertz CT molecular complexity index is 260. The summed E-state index contributed by atoms with van der Waals surface area (Å²) in [6.07, 6.45) is 6.03. The highest BCUT2D eigenvalue weighted by Crippen LogP contribution is 2.37. The lowest BCUT2D eigenvalue weighted by Crippen LogP contribution is -2.05. The van der Waals surface area contributed by atoms with E-state index in [1.165, 1.54) is 24.3 Å². The van der Waals surface area contributed by atoms with Crippen molar-refractivity contribution in [2.24, 2.45) is 5.92 Å². The molecule has 1 nitrogen and oxygen atoms in total. The molecule has 0 saturated heterocycles. The van der Waals surface area contributed by atoms with Gasteiger partial charge in [0, 0.05) is 11.4 Å². The van der Waals surface area contributed by atoms with E-state index in [9.17, 15) is 0 Å². The summed E-state index contributed by atoms with van der Waals surface area (Å²) in [5.41, 5.74) is 0. The molecule has 2 atom stereocenters. The van der Waals surface area contributed by atoms with Crippen molar-refractivity contribution in [1.82, 2.24) is 4.98 Å². The zero-order valence-electron chi connectivity index (χ0n) is 7.94. The van der Waals surface area contributed by atoms with Crippen LogP contribution in [0.1, 0.15) is 26.2 Å². The fourth-order valence-electron chi connectivity index (χ4n) is 1.86. The SMILES string of the molecule is C[C@H]1CCC[C@@H]1Sc1ccccn1. The highest BCUT2D eigenvalue weighted by molar-refractivity contribution is 7.99. The van der Waals surface area contributed by atoms with Gasteiger partial charge in [-0.15, -0.1) is 11.8 Å². The van der Waals surface area contributed by atoms with E-state index in [2.05, 4.69) is 24.0 Å². The maximum atomic E-state index is 4.34. The molecule has 1 aliphatic rings. The number of thioether (sulfide) groups is 1. The van der Waals surface area contributed by atoms with Gasteiger partial charge in [0.05, 0.1) is 5.03 Å². The molecule has 1 aromatic rings. The second kappa shape index (κ2) is 4.14. The summed E-state index contributed by atoms with van der Waals surface area (Å²) < 4.78 is 0. The van der Waals surface area contributed by atoms with Gasteiger partial charge >= 0.3 is 0 Å². The van der Waals surface area contributed by atoms with Crippen molar-refractivity contribution in [2.45, 2.75) is 36.5 Å². The Morgan fingerprint density at radius 3 is 2.92 bits per heavy atom. The summed E-state index contributed by atoms with van der Waals surface area (Å²) in [4.78, 5) is 4.34. The summed E-state index contributed by atoms with van der Waals surface area (Å²) in [5, 5.41) is 1.98. The van der Waals surface area contributed by atoms with Crippen LogP contribution in [0.2, 0.25) is 0 Å². The number of aromatic nitrogens is 1. The van der Waals surface area contributed by atoms with Crippen LogP contribution in [0.5, 0.6) is 0 Å². The minimum Gasteiger partial charge on any atom is -0.250 e. The molecule has 1 aliphatic carbocycles. The average Bonchev–Trinajstić information content (AvgIpc) is 2.54. The predicted molar refractivity (Wildman–Crippen MR) is 56.9 cm³/mol. The Morgan fingerprint density at radius 1 is 1.38 bits per heavy atom. The van der Waals surface area contributed by atoms with Crippen LogP contribution in [0, 0.1) is 5.92 Å². The Labute approximate surface area is 84.0 Å². The van der Waals surface area contributed by atoms with Gasteiger partial charge < -0.3 is 0 Å². The number of hydrogen-bond donors (Lipinski definition) is 0. The summed E-state index contributed by atoms with van der Waals surface area (Å²) in [6.45, 7) is 2.35. The minimum absolute atomic E-state index is 0.801. The van der Waals surface area contributed by atoms with Crippen LogP contribution in [0.25, 0.3) is 0 Å². The van der Waals surface area contributed by atoms with Crippen molar-refractivity contribution in [2.75, 3.05) is 0 Å². The molecule has 1 aromatic heterocycles. The largest absolute Gasteiger partial charge is 0.250 e. The van der Waals surface area contributed by atoms with E-state index in [1.54, 1.807) is 0 Å². The van der Waals surface area contributed by atoms with Crippen molar-refractivity contribution in [3.05, 3.63) is 24.4 Å². The third-order valence-corrected chi connectivity index (χ3v) is 4.18. The molecule has 0 bridgehead atoms. The van der Waals surface area contributed by atoms with Gasteiger partial charge in [0.25, 0.3) is 0 Å². The molecular formula is C11H15NS. The van der Waals surface area contributed by atoms with Crippen molar-refractivity contribution in [3.63, 3.8) is 0 Å². The summed E-state index contributed by atoms with van der Waals surface area (Å²) in [6, 6.07) is 6.15. The van der Waals surface area contributed by atoms with E-state index in [0.29, 0.717) is 0 Å². The molecule has 1 heterocycles. The van der Waals surface area contributed by atoms with Crippen LogP contribution in [0.3, 0.4) is 0 Å². The van der Waals surface area contributed by atoms with Crippen LogP contribution in [-0.4, -0.2) is 10.2 Å². The maximum absolute atomic E-state index is 4.34. The molecule has 0 aromatic carbocycles. The van der Waals surface area contributed by atoms with Crippen molar-refractivity contribution >= 4 is 11.8 Å². The van der Waals surface area contributed by atoms with Crippen LogP contribution >= 0.6 is 11.8 Å². The predicted octanol–water partition coefficient (Wildman–Crippen LogP) is 3.36. The number of nitrogens with zero attached hydrogens (tertiary/aromatic N) is 1. The molecule has 1 fully saturated rings. The smallest absolute Gasteiger partial charge is 0.0962 e. The molecule has 2 rings (SSSR count). The standard InChI is InChI=1S/C11H15NS/c1-9-5-4-6-10(9)13-11-7-2-3-8-12-11/h2-3,7-10H,4-6H2,1H3/t9-,10-/m0/s1. The first kappa shape index (κ1) is 9.07. The third kappa shape index (κ3) is 2.25. The lowest BCUT2D eigenvalue weighted by molar-refractivity contribution is 0.624. The van der Waals surface area contributed by atoms with E-state index >= 15 is 0 Å². The Kier molecular flexibility index (Phi) is 2.89. The molecule has 1 saturated carbocycles. The first-order chi connectivity index (χ1) is 6.36. The van der Waals surface area contributed by atoms with Gasteiger partial charge in [0.1, 0.15) is 0 Å². The Balaban J connectivity index is 1.98. The van der Waals surface area contributed by atoms with Gasteiger partial charge in [0.2, 0.25) is 0 Å². The topological polar surface area (TPSA) is 12.9 Å². The van der Waals surface area contributed by atoms with Crippen LogP contribution < -0.4 is 0 Å². The van der Waals surface area contributed by atoms with E-state index in [1.807, 2.05) is 24.0 Å². The van der Waals surface area contributed by atoms with E-state index in [4.69, 9.17) is 0 Å². The molecule has 13 heavy (non-hydrogen) atoms. The highest BCUT2D eigenvalue weighted by Gasteiger charge is 2.24. The number of hydrogen-bond acceptors (Lipinski definition) is 2. The number of pyridine rings is 1. The lowest BCUT2D eigenvalue weighted by atomic mass is 10.1. The molecule has 2 heteroatoms. The fraction of sp³-hybridized carbons (Fsp3) is 0.545. The maximum Gasteiger partial charge on any atom is 0.0962 e. The van der Waals surface area contributed by atoms with Crippen molar-refractivity contribution in [1.29, 1.82) is 0 Å². The second-order valence-corrected chi connectivity index (χ2v) is 4.99. The molecular weight excluding hydrogens is 178 g/mol. The molecule has 0 N–H and O–H groups in total. The number of rotatable bonds is 2. The average molecular weight is 193 g/mol. The van der Waals surface area contributed by atoms with Crippen LogP contribution in [0.4, 0.5) is 0 Å². The Morgan fingerprint density at radius 2 is 2.31 bits per heavy atom. The van der Waals surface area contributed by atoms with Gasteiger partial charge in [-0.05, 0) is 30.9 Å². The molecule has 0 amide bonds. The van der Waals surface area contributed by atoms with E-state index in [0.717, 1.165) is 11.2 Å². The van der Waals surface area contributed by atoms with Crippen LogP contribution in [-0.2, 0) is 0 Å². The molecule has 0 unspecified atom stereocenters. The van der Waals surface area contributed by atoms with E-state index < -0.39 is 0 Å². The van der Waals surface area contributed by atoms with Gasteiger partial charge in [0.15, 0.2) is 0 Å². The second-order valence-electron chi connectivity index (χ2n) is 3.73. The van der Waals surface area contributed by atoms with Gasteiger partial charge in [-0.1, -0.05) is 19.4 Å². The molecule has 0 radical (unpaired) electrons. The highest BCUT2D eigenvalue weighted by atomic mass is 32.2. The Hall–Kier alpha value is -0.500. The normalized spacial score (nSPS) is 27.8. The quantitative estimate of drug-likeness (QED) is 0.714. The van der Waals surface area contributed by atoms with E-state index in [-0.39, 0.29) is 0 Å². The van der Waals surface area contributed by atoms with Gasteiger partial charge in [-0.25, -0.2) is 4.98 Å². The summed E-state index contributed by atoms with van der Waals surface area (Å²) in [5.74, 6) is 0.868. The summed E-state index contributed by atoms with van der Waals surface area (Å²) in [7, 11) is 0. The third-order valence-electron chi connectivity index (χ3n) is 2.69. The monoisotopic (exact) mass is 193 g/mol. The molecule has 0 aliphatic heterocycles. The fourth-order valence-corrected chi connectivity index (χ4v) is 3.10. The van der Waals surface area contributed by atoms with Crippen molar-refractivity contribution < 1.29 is 0 Å². The molecule has 0 spiro atoms. The van der Waals surface area contributed by atoms with Crippen molar-refractivity contribution in [3.8, 4) is 0 Å². The lowest BCUT2D eigenvalue weighted by Gasteiger charge is -2.13. The first-order valence-electron chi connectivity index (χ1n) is 4.94. The summed E-state index contributed by atoms with van der Waals surface area (Å²) >= 11 is 1.95. The van der Waals surface area contributed by atoms with Crippen LogP contribution in [0.15, 0.2) is 29.4 Å². The minimum atomic E-state index is 0.801. The van der Waals surface area contributed by atoms with Gasteiger partial charge in [-0.2, -0.15) is 0 Å². The molecule has 70 valence electrons. The van der Waals surface area contributed by atoms with Gasteiger partial charge in [-0.3, -0.25) is 0 Å². The zero-order valence-corrected chi connectivity index (χ0v) is 8.76. The first-order valence-corrected chi connectivity index (χ1v) is 5.82. The zero-order chi connectivity index (χ0) is 9.10.